The highest BCUT2D eigenvalue weighted by atomic mass is 35.5. The lowest BCUT2D eigenvalue weighted by molar-refractivity contribution is -0.631. The molecule has 2 atom stereocenters. The lowest BCUT2D eigenvalue weighted by Crippen LogP contribution is -2.47. The van der Waals surface area contributed by atoms with E-state index in [-0.39, 0.29) is 22.1 Å². The summed E-state index contributed by atoms with van der Waals surface area (Å²) in [5, 5.41) is 22.9. The number of nitroso groups, excluding NO2 is 1. The zero-order valence-corrected chi connectivity index (χ0v) is 16.4. The quantitative estimate of drug-likeness (QED) is 0.239. The van der Waals surface area contributed by atoms with Crippen LogP contribution in [0.15, 0.2) is 47.6 Å². The fraction of sp³-hybridized carbons (Fsp3) is 0.278. The predicted octanol–water partition coefficient (Wildman–Crippen LogP) is 5.05. The standard InChI is InChI=1S/C18H14ClF3N2O7/c1-30-17(24(28)29,9-15(25)26)16(23-27)10-3-2-4-12(7-10)31-14-6-5-11(8-13(14)19)18(20,21)22/h2-8,16H,9H2,1H3,(H,25,26). The van der Waals surface area contributed by atoms with Crippen LogP contribution in [0.3, 0.4) is 0 Å². The molecule has 0 aliphatic carbocycles. The molecule has 0 saturated carbocycles. The zero-order valence-electron chi connectivity index (χ0n) is 15.6. The van der Waals surface area contributed by atoms with Gasteiger partial charge in [-0.2, -0.15) is 13.2 Å². The largest absolute Gasteiger partial charge is 0.481 e. The van der Waals surface area contributed by atoms with Crippen molar-refractivity contribution in [3.05, 3.63) is 73.6 Å². The summed E-state index contributed by atoms with van der Waals surface area (Å²) in [7, 11) is 0.867. The second-order valence-corrected chi connectivity index (χ2v) is 6.61. The van der Waals surface area contributed by atoms with Crippen LogP contribution >= 0.6 is 11.6 Å². The highest BCUT2D eigenvalue weighted by Crippen LogP contribution is 2.39. The Bertz CT molecular complexity index is 1000. The number of benzene rings is 2. The van der Waals surface area contributed by atoms with Gasteiger partial charge in [0.15, 0.2) is 0 Å². The normalized spacial score (nSPS) is 14.4. The van der Waals surface area contributed by atoms with E-state index >= 15 is 0 Å². The van der Waals surface area contributed by atoms with Crippen molar-refractivity contribution in [2.24, 2.45) is 5.18 Å². The molecule has 0 spiro atoms. The smallest absolute Gasteiger partial charge is 0.416 e. The molecule has 0 bridgehead atoms. The number of carbonyl (C=O) groups is 1. The van der Waals surface area contributed by atoms with Crippen molar-refractivity contribution in [3.8, 4) is 11.5 Å². The Kier molecular flexibility index (Phi) is 7.18. The van der Waals surface area contributed by atoms with Gasteiger partial charge in [-0.25, -0.2) is 0 Å². The minimum absolute atomic E-state index is 0.0449. The van der Waals surface area contributed by atoms with Crippen molar-refractivity contribution in [1.82, 2.24) is 0 Å². The number of methoxy groups -OCH3 is 1. The van der Waals surface area contributed by atoms with Gasteiger partial charge in [-0.3, -0.25) is 14.9 Å². The number of rotatable bonds is 9. The molecule has 2 rings (SSSR count). The third-order valence-corrected chi connectivity index (χ3v) is 4.56. The molecule has 2 aromatic rings. The van der Waals surface area contributed by atoms with Gasteiger partial charge in [0.25, 0.3) is 0 Å². The molecule has 9 nitrogen and oxygen atoms in total. The van der Waals surface area contributed by atoms with E-state index in [0.29, 0.717) is 6.07 Å². The molecule has 0 aromatic heterocycles. The summed E-state index contributed by atoms with van der Waals surface area (Å²) in [4.78, 5) is 33.1. The van der Waals surface area contributed by atoms with Gasteiger partial charge in [0.2, 0.25) is 6.04 Å². The van der Waals surface area contributed by atoms with Gasteiger partial charge in [-0.15, -0.1) is 4.91 Å². The number of nitro groups is 1. The molecular formula is C18H14ClF3N2O7. The maximum absolute atomic E-state index is 12.8. The molecule has 0 fully saturated rings. The number of hydrogen-bond acceptors (Lipinski definition) is 7. The summed E-state index contributed by atoms with van der Waals surface area (Å²) in [6.07, 6.45) is -5.77. The second kappa shape index (κ2) is 9.27. The predicted molar refractivity (Wildman–Crippen MR) is 100 cm³/mol. The molecule has 166 valence electrons. The Balaban J connectivity index is 2.43. The van der Waals surface area contributed by atoms with E-state index in [1.54, 1.807) is 0 Å². The molecule has 0 amide bonds. The third-order valence-electron chi connectivity index (χ3n) is 4.26. The Morgan fingerprint density at radius 3 is 2.45 bits per heavy atom. The van der Waals surface area contributed by atoms with Crippen LogP contribution in [0.2, 0.25) is 5.02 Å². The van der Waals surface area contributed by atoms with Crippen LogP contribution in [0.1, 0.15) is 23.6 Å². The molecule has 0 aliphatic rings. The summed E-state index contributed by atoms with van der Waals surface area (Å²) in [5.74, 6) is -1.80. The average molecular weight is 463 g/mol. The lowest BCUT2D eigenvalue weighted by atomic mass is 9.93. The van der Waals surface area contributed by atoms with Crippen molar-refractivity contribution in [2.45, 2.75) is 24.4 Å². The molecule has 1 N–H and O–H groups in total. The summed E-state index contributed by atoms with van der Waals surface area (Å²) in [6.45, 7) is 0. The third kappa shape index (κ3) is 5.27. The van der Waals surface area contributed by atoms with Crippen molar-refractivity contribution in [3.63, 3.8) is 0 Å². The molecule has 0 heterocycles. The van der Waals surface area contributed by atoms with Crippen LogP contribution in [0.25, 0.3) is 0 Å². The number of hydrogen-bond donors (Lipinski definition) is 1. The van der Waals surface area contributed by atoms with Gasteiger partial charge < -0.3 is 14.6 Å². The maximum Gasteiger partial charge on any atom is 0.416 e. The van der Waals surface area contributed by atoms with Gasteiger partial charge in [0.05, 0.1) is 15.5 Å². The number of carboxylic acid groups (broad SMARTS) is 1. The molecule has 0 saturated heterocycles. The van der Waals surface area contributed by atoms with Crippen LogP contribution < -0.4 is 4.74 Å². The van der Waals surface area contributed by atoms with Gasteiger partial charge in [-0.1, -0.05) is 28.9 Å². The summed E-state index contributed by atoms with van der Waals surface area (Å²) in [6, 6.07) is 5.57. The fourth-order valence-electron chi connectivity index (χ4n) is 2.77. The topological polar surface area (TPSA) is 128 Å². The zero-order chi connectivity index (χ0) is 23.4. The highest BCUT2D eigenvalue weighted by molar-refractivity contribution is 6.32. The first-order chi connectivity index (χ1) is 14.4. The van der Waals surface area contributed by atoms with E-state index in [1.807, 2.05) is 0 Å². The number of ether oxygens (including phenoxy) is 2. The lowest BCUT2D eigenvalue weighted by Gasteiger charge is -2.26. The van der Waals surface area contributed by atoms with Crippen LogP contribution in [-0.2, 0) is 15.7 Å². The Hall–Kier alpha value is -3.25. The summed E-state index contributed by atoms with van der Waals surface area (Å²) >= 11 is 5.84. The van der Waals surface area contributed by atoms with Gasteiger partial charge >= 0.3 is 17.9 Å². The summed E-state index contributed by atoms with van der Waals surface area (Å²) < 4.78 is 48.5. The van der Waals surface area contributed by atoms with Crippen molar-refractivity contribution in [2.75, 3.05) is 7.11 Å². The molecular weight excluding hydrogens is 449 g/mol. The van der Waals surface area contributed by atoms with Gasteiger partial charge in [0, 0.05) is 7.11 Å². The van der Waals surface area contributed by atoms with Crippen LogP contribution in [-0.4, -0.2) is 28.8 Å². The second-order valence-electron chi connectivity index (χ2n) is 6.20. The number of alkyl halides is 3. The molecule has 0 aliphatic heterocycles. The van der Waals surface area contributed by atoms with E-state index in [9.17, 15) is 33.0 Å². The first-order valence-corrected chi connectivity index (χ1v) is 8.71. The van der Waals surface area contributed by atoms with Crippen LogP contribution in [0.5, 0.6) is 11.5 Å². The fourth-order valence-corrected chi connectivity index (χ4v) is 2.99. The minimum Gasteiger partial charge on any atom is -0.481 e. The van der Waals surface area contributed by atoms with Crippen LogP contribution in [0, 0.1) is 15.0 Å². The van der Waals surface area contributed by atoms with E-state index in [0.717, 1.165) is 25.3 Å². The number of nitrogens with zero attached hydrogens (tertiary/aromatic N) is 2. The number of halogens is 4. The average Bonchev–Trinajstić information content (AvgIpc) is 2.68. The van der Waals surface area contributed by atoms with E-state index < -0.39 is 40.8 Å². The summed E-state index contributed by atoms with van der Waals surface area (Å²) in [5.41, 5.74) is -3.80. The van der Waals surface area contributed by atoms with Crippen molar-refractivity contribution < 1.29 is 37.5 Å². The number of aliphatic carboxylic acids is 1. The number of carboxylic acids is 1. The van der Waals surface area contributed by atoms with Crippen molar-refractivity contribution >= 4 is 17.6 Å². The first kappa shape index (κ1) is 24.0. The molecule has 0 radical (unpaired) electrons. The van der Waals surface area contributed by atoms with Crippen molar-refractivity contribution in [1.29, 1.82) is 0 Å². The SMILES string of the molecule is COC(CC(=O)O)(C(N=O)c1cccc(Oc2ccc(C(F)(F)F)cc2Cl)c1)[N+](=O)[O-]. The molecule has 13 heteroatoms. The molecule has 2 unspecified atom stereocenters. The van der Waals surface area contributed by atoms with Gasteiger partial charge in [-0.05, 0) is 35.9 Å². The first-order valence-electron chi connectivity index (χ1n) is 8.33. The Morgan fingerprint density at radius 2 is 1.97 bits per heavy atom. The Morgan fingerprint density at radius 1 is 1.29 bits per heavy atom. The van der Waals surface area contributed by atoms with Gasteiger partial charge in [0.1, 0.15) is 17.9 Å². The van der Waals surface area contributed by atoms with E-state index in [4.69, 9.17) is 26.2 Å². The van der Waals surface area contributed by atoms with E-state index in [2.05, 4.69) is 5.18 Å². The van der Waals surface area contributed by atoms with Crippen LogP contribution in [0.4, 0.5) is 13.2 Å². The maximum atomic E-state index is 12.8. The van der Waals surface area contributed by atoms with E-state index in [1.165, 1.54) is 18.2 Å². The Labute approximate surface area is 177 Å². The highest BCUT2D eigenvalue weighted by Gasteiger charge is 2.55. The molecule has 2 aromatic carbocycles. The monoisotopic (exact) mass is 462 g/mol. The minimum atomic E-state index is -4.61. The molecule has 31 heavy (non-hydrogen) atoms.